The number of nitrogens with zero attached hydrogens (tertiary/aromatic N) is 2. The number of nitrogens with one attached hydrogen (secondary N) is 1. The molecule has 104 valence electrons. The lowest BCUT2D eigenvalue weighted by atomic mass is 10.0. The Morgan fingerprint density at radius 2 is 2.20 bits per heavy atom. The highest BCUT2D eigenvalue weighted by Crippen LogP contribution is 2.40. The van der Waals surface area contributed by atoms with E-state index in [1.165, 1.54) is 17.7 Å². The van der Waals surface area contributed by atoms with Crippen molar-refractivity contribution in [3.05, 3.63) is 28.1 Å². The number of thiazole rings is 1. The number of aryl methyl sites for hydroxylation is 2. The Bertz CT molecular complexity index is 634. The van der Waals surface area contributed by atoms with Gasteiger partial charge in [0.25, 0.3) is 5.91 Å². The lowest BCUT2D eigenvalue weighted by molar-refractivity contribution is 0.101. The van der Waals surface area contributed by atoms with Crippen molar-refractivity contribution in [1.82, 2.24) is 10.1 Å². The van der Waals surface area contributed by atoms with Crippen molar-refractivity contribution in [3.63, 3.8) is 0 Å². The molecular weight excluding hydrogens is 274 g/mol. The summed E-state index contributed by atoms with van der Waals surface area (Å²) in [6, 6.07) is 1.75. The number of carbonyl (C=O) groups is 1. The largest absolute Gasteiger partial charge is 0.360 e. The van der Waals surface area contributed by atoms with E-state index in [-0.39, 0.29) is 5.91 Å². The van der Waals surface area contributed by atoms with E-state index < -0.39 is 0 Å². The second-order valence-corrected chi connectivity index (χ2v) is 6.52. The standard InChI is InChI=1S/C14H15N3O2S/c18-13(10-7-11(19-17-10)8-5-6-8)16-14-15-9-3-1-2-4-12(9)20-14/h7-8H,1-6H2,(H,15,16,18). The Hall–Kier alpha value is -1.69. The van der Waals surface area contributed by atoms with E-state index in [2.05, 4.69) is 15.5 Å². The molecule has 0 atom stereocenters. The number of rotatable bonds is 3. The van der Waals surface area contributed by atoms with Crippen LogP contribution in [0, 0.1) is 0 Å². The fourth-order valence-electron chi connectivity index (χ4n) is 2.52. The van der Waals surface area contributed by atoms with Crippen LogP contribution in [0.4, 0.5) is 5.13 Å². The van der Waals surface area contributed by atoms with Gasteiger partial charge >= 0.3 is 0 Å². The summed E-state index contributed by atoms with van der Waals surface area (Å²) in [5.41, 5.74) is 1.50. The Morgan fingerprint density at radius 3 is 3.00 bits per heavy atom. The monoisotopic (exact) mass is 289 g/mol. The summed E-state index contributed by atoms with van der Waals surface area (Å²) in [5, 5.41) is 7.36. The molecule has 1 amide bonds. The molecule has 0 spiro atoms. The highest BCUT2D eigenvalue weighted by atomic mass is 32.1. The van der Waals surface area contributed by atoms with Crippen LogP contribution in [-0.4, -0.2) is 16.0 Å². The Labute approximate surface area is 120 Å². The third-order valence-electron chi connectivity index (χ3n) is 3.81. The van der Waals surface area contributed by atoms with Crippen LogP contribution >= 0.6 is 11.3 Å². The summed E-state index contributed by atoms with van der Waals surface area (Å²) >= 11 is 1.58. The zero-order valence-corrected chi connectivity index (χ0v) is 11.8. The van der Waals surface area contributed by atoms with E-state index in [1.54, 1.807) is 17.4 Å². The normalized spacial score (nSPS) is 17.8. The molecule has 2 aliphatic rings. The molecule has 0 unspecified atom stereocenters. The van der Waals surface area contributed by atoms with Crippen molar-refractivity contribution in [3.8, 4) is 0 Å². The van der Waals surface area contributed by atoms with Crippen LogP contribution in [0.25, 0.3) is 0 Å². The van der Waals surface area contributed by atoms with Crippen molar-refractivity contribution in [2.75, 3.05) is 5.32 Å². The Morgan fingerprint density at radius 1 is 1.35 bits per heavy atom. The van der Waals surface area contributed by atoms with E-state index in [1.807, 2.05) is 0 Å². The minimum absolute atomic E-state index is 0.230. The summed E-state index contributed by atoms with van der Waals surface area (Å²) in [6.07, 6.45) is 6.79. The molecule has 0 saturated heterocycles. The third kappa shape index (κ3) is 2.24. The lowest BCUT2D eigenvalue weighted by Crippen LogP contribution is -2.12. The molecule has 1 fully saturated rings. The van der Waals surface area contributed by atoms with E-state index >= 15 is 0 Å². The Kier molecular flexibility index (Phi) is 2.84. The molecule has 2 aromatic rings. The maximum Gasteiger partial charge on any atom is 0.279 e. The number of hydrogen-bond acceptors (Lipinski definition) is 5. The quantitative estimate of drug-likeness (QED) is 0.942. The van der Waals surface area contributed by atoms with Gasteiger partial charge in [0.15, 0.2) is 10.8 Å². The van der Waals surface area contributed by atoms with Crippen LogP contribution in [0.5, 0.6) is 0 Å². The van der Waals surface area contributed by atoms with Crippen molar-refractivity contribution < 1.29 is 9.32 Å². The van der Waals surface area contributed by atoms with Gasteiger partial charge in [0, 0.05) is 16.9 Å². The van der Waals surface area contributed by atoms with Crippen LogP contribution in [0.2, 0.25) is 0 Å². The predicted molar refractivity (Wildman–Crippen MR) is 75.2 cm³/mol. The van der Waals surface area contributed by atoms with Crippen LogP contribution in [0.15, 0.2) is 10.6 Å². The number of hydrogen-bond donors (Lipinski definition) is 1. The van der Waals surface area contributed by atoms with Crippen LogP contribution in [0.3, 0.4) is 0 Å². The van der Waals surface area contributed by atoms with Gasteiger partial charge in [-0.15, -0.1) is 11.3 Å². The lowest BCUT2D eigenvalue weighted by Gasteiger charge is -2.06. The maximum absolute atomic E-state index is 12.1. The molecule has 4 rings (SSSR count). The number of anilines is 1. The molecule has 0 radical (unpaired) electrons. The maximum atomic E-state index is 12.1. The van der Waals surface area contributed by atoms with E-state index in [4.69, 9.17) is 4.52 Å². The van der Waals surface area contributed by atoms with Crippen molar-refractivity contribution in [2.45, 2.75) is 44.4 Å². The van der Waals surface area contributed by atoms with Crippen molar-refractivity contribution >= 4 is 22.4 Å². The molecule has 0 bridgehead atoms. The molecule has 2 aromatic heterocycles. The van der Waals surface area contributed by atoms with Gasteiger partial charge in [0.1, 0.15) is 5.76 Å². The molecule has 5 nitrogen and oxygen atoms in total. The van der Waals surface area contributed by atoms with Gasteiger partial charge in [0.05, 0.1) is 5.69 Å². The average molecular weight is 289 g/mol. The summed E-state index contributed by atoms with van der Waals surface area (Å²) in [4.78, 5) is 17.9. The SMILES string of the molecule is O=C(Nc1nc2c(s1)CCCC2)c1cc(C2CC2)on1. The number of aromatic nitrogens is 2. The van der Waals surface area contributed by atoms with Gasteiger partial charge in [-0.2, -0.15) is 0 Å². The molecule has 1 N–H and O–H groups in total. The average Bonchev–Trinajstić information content (AvgIpc) is 3.03. The minimum atomic E-state index is -0.230. The molecule has 6 heteroatoms. The van der Waals surface area contributed by atoms with Gasteiger partial charge in [-0.05, 0) is 38.5 Å². The van der Waals surface area contributed by atoms with Crippen LogP contribution in [0.1, 0.15) is 58.4 Å². The van der Waals surface area contributed by atoms with Gasteiger partial charge in [0.2, 0.25) is 0 Å². The molecular formula is C14H15N3O2S. The van der Waals surface area contributed by atoms with E-state index in [9.17, 15) is 4.79 Å². The first-order valence-electron chi connectivity index (χ1n) is 7.06. The fraction of sp³-hybridized carbons (Fsp3) is 0.500. The van der Waals surface area contributed by atoms with Gasteiger partial charge in [-0.1, -0.05) is 5.16 Å². The second kappa shape index (κ2) is 4.70. The second-order valence-electron chi connectivity index (χ2n) is 5.44. The zero-order chi connectivity index (χ0) is 13.5. The fourth-order valence-corrected chi connectivity index (χ4v) is 3.57. The summed E-state index contributed by atoms with van der Waals surface area (Å²) in [7, 11) is 0. The summed E-state index contributed by atoms with van der Waals surface area (Å²) < 4.78 is 5.20. The molecule has 1 saturated carbocycles. The topological polar surface area (TPSA) is 68.0 Å². The highest BCUT2D eigenvalue weighted by molar-refractivity contribution is 7.15. The summed E-state index contributed by atoms with van der Waals surface area (Å²) in [6.45, 7) is 0. The minimum Gasteiger partial charge on any atom is -0.360 e. The third-order valence-corrected chi connectivity index (χ3v) is 4.88. The predicted octanol–water partition coefficient (Wildman–Crippen LogP) is 3.14. The van der Waals surface area contributed by atoms with Gasteiger partial charge in [-0.3, -0.25) is 10.1 Å². The first-order chi connectivity index (χ1) is 9.79. The van der Waals surface area contributed by atoms with E-state index in [0.29, 0.717) is 16.7 Å². The van der Waals surface area contributed by atoms with Crippen molar-refractivity contribution in [1.29, 1.82) is 0 Å². The van der Waals surface area contributed by atoms with Crippen molar-refractivity contribution in [2.24, 2.45) is 0 Å². The highest BCUT2D eigenvalue weighted by Gasteiger charge is 2.29. The van der Waals surface area contributed by atoms with Gasteiger partial charge < -0.3 is 4.52 Å². The smallest absolute Gasteiger partial charge is 0.279 e. The number of carbonyl (C=O) groups excluding carboxylic acids is 1. The first-order valence-corrected chi connectivity index (χ1v) is 7.88. The van der Waals surface area contributed by atoms with Gasteiger partial charge in [-0.25, -0.2) is 4.98 Å². The zero-order valence-electron chi connectivity index (χ0n) is 11.0. The Balaban J connectivity index is 1.49. The molecule has 0 aromatic carbocycles. The van der Waals surface area contributed by atoms with E-state index in [0.717, 1.165) is 37.1 Å². The number of fused-ring (bicyclic) bond motifs is 1. The van der Waals surface area contributed by atoms with Crippen LogP contribution < -0.4 is 5.32 Å². The first kappa shape index (κ1) is 12.1. The molecule has 0 aliphatic heterocycles. The molecule has 2 heterocycles. The van der Waals surface area contributed by atoms with Crippen LogP contribution in [-0.2, 0) is 12.8 Å². The number of amides is 1. The molecule has 2 aliphatic carbocycles. The molecule has 20 heavy (non-hydrogen) atoms. The summed E-state index contributed by atoms with van der Waals surface area (Å²) in [5.74, 6) is 1.07.